The molecule has 1 atom stereocenters. The number of carbonyl (C=O) groups excluding carboxylic acids is 1. The fraction of sp³-hybridized carbons (Fsp3) is 0.381. The van der Waals surface area contributed by atoms with E-state index >= 15 is 0 Å². The van der Waals surface area contributed by atoms with Crippen molar-refractivity contribution in [2.24, 2.45) is 0 Å². The van der Waals surface area contributed by atoms with Crippen LogP contribution in [0, 0.1) is 13.8 Å². The first-order valence-electron chi connectivity index (χ1n) is 9.47. The van der Waals surface area contributed by atoms with Crippen LogP contribution in [-0.4, -0.2) is 41.8 Å². The molecule has 0 bridgehead atoms. The summed E-state index contributed by atoms with van der Waals surface area (Å²) in [5.74, 6) is -0.445. The Kier molecular flexibility index (Phi) is 7.31. The molecule has 0 saturated carbocycles. The number of aryl methyl sites for hydroxylation is 2. The second-order valence-corrected chi connectivity index (χ2v) is 11.4. The lowest BCUT2D eigenvalue weighted by molar-refractivity contribution is -0.120. The van der Waals surface area contributed by atoms with E-state index in [-0.39, 0.29) is 17.5 Å². The van der Waals surface area contributed by atoms with Gasteiger partial charge in [0.1, 0.15) is 6.54 Å². The molecule has 2 aromatic carbocycles. The monoisotopic (exact) mass is 452 g/mol. The summed E-state index contributed by atoms with van der Waals surface area (Å²) >= 11 is 0. The number of anilines is 1. The Labute approximate surface area is 179 Å². The zero-order chi connectivity index (χ0) is 22.7. The van der Waals surface area contributed by atoms with Crippen molar-refractivity contribution in [3.8, 4) is 0 Å². The third kappa shape index (κ3) is 6.06. The lowest BCUT2D eigenvalue weighted by Gasteiger charge is -2.25. The Morgan fingerprint density at radius 1 is 1.00 bits per heavy atom. The molecule has 0 heterocycles. The highest BCUT2D eigenvalue weighted by molar-refractivity contribution is 7.92. The first-order valence-corrected chi connectivity index (χ1v) is 13.2. The number of hydrogen-bond donors (Lipinski definition) is 1. The Morgan fingerprint density at radius 3 is 2.07 bits per heavy atom. The van der Waals surface area contributed by atoms with E-state index in [4.69, 9.17) is 0 Å². The highest BCUT2D eigenvalue weighted by Crippen LogP contribution is 2.24. The van der Waals surface area contributed by atoms with E-state index in [1.807, 2.05) is 19.9 Å². The van der Waals surface area contributed by atoms with Gasteiger partial charge in [-0.25, -0.2) is 16.8 Å². The van der Waals surface area contributed by atoms with Crippen molar-refractivity contribution in [2.45, 2.75) is 38.1 Å². The van der Waals surface area contributed by atoms with Gasteiger partial charge in [-0.05, 0) is 49.6 Å². The number of amides is 1. The van der Waals surface area contributed by atoms with E-state index < -0.39 is 25.8 Å². The standard InChI is InChI=1S/C21H28N2O5S2/c1-6-19(17-8-10-18(11-9-17)29(4,25)26)22-21(24)14-23(30(5,27)28)20-12-7-15(2)13-16(20)3/h7-13,19H,6,14H2,1-5H3,(H,22,24). The van der Waals surface area contributed by atoms with Crippen molar-refractivity contribution in [2.75, 3.05) is 23.4 Å². The van der Waals surface area contributed by atoms with Gasteiger partial charge in [0.15, 0.2) is 9.84 Å². The summed E-state index contributed by atoms with van der Waals surface area (Å²) in [6.07, 6.45) is 2.76. The quantitative estimate of drug-likeness (QED) is 0.664. The SMILES string of the molecule is CCC(NC(=O)CN(c1ccc(C)cc1C)S(C)(=O)=O)c1ccc(S(C)(=O)=O)cc1. The fourth-order valence-electron chi connectivity index (χ4n) is 3.21. The van der Waals surface area contributed by atoms with Crippen LogP contribution in [0.3, 0.4) is 0 Å². The topological polar surface area (TPSA) is 101 Å². The van der Waals surface area contributed by atoms with Gasteiger partial charge in [0, 0.05) is 6.26 Å². The van der Waals surface area contributed by atoms with Gasteiger partial charge in [0.2, 0.25) is 15.9 Å². The molecule has 164 valence electrons. The molecular formula is C21H28N2O5S2. The number of sulfonamides is 1. The average molecular weight is 453 g/mol. The van der Waals surface area contributed by atoms with Crippen LogP contribution in [0.25, 0.3) is 0 Å². The molecule has 9 heteroatoms. The summed E-state index contributed by atoms with van der Waals surface area (Å²) in [5, 5.41) is 2.85. The van der Waals surface area contributed by atoms with E-state index in [1.54, 1.807) is 31.2 Å². The lowest BCUT2D eigenvalue weighted by Crippen LogP contribution is -2.41. The highest BCUT2D eigenvalue weighted by Gasteiger charge is 2.24. The maximum absolute atomic E-state index is 12.7. The minimum atomic E-state index is -3.67. The minimum absolute atomic E-state index is 0.200. The molecule has 30 heavy (non-hydrogen) atoms. The van der Waals surface area contributed by atoms with Gasteiger partial charge in [-0.2, -0.15) is 0 Å². The summed E-state index contributed by atoms with van der Waals surface area (Å²) in [7, 11) is -6.98. The predicted molar refractivity (Wildman–Crippen MR) is 119 cm³/mol. The first-order chi connectivity index (χ1) is 13.8. The van der Waals surface area contributed by atoms with E-state index in [1.165, 1.54) is 12.1 Å². The number of nitrogens with one attached hydrogen (secondary N) is 1. The molecule has 2 aromatic rings. The van der Waals surface area contributed by atoms with Crippen molar-refractivity contribution in [3.05, 3.63) is 59.2 Å². The van der Waals surface area contributed by atoms with Gasteiger partial charge in [-0.15, -0.1) is 0 Å². The molecule has 0 radical (unpaired) electrons. The summed E-state index contributed by atoms with van der Waals surface area (Å²) in [4.78, 5) is 12.9. The zero-order valence-corrected chi connectivity index (χ0v) is 19.5. The normalized spacial score (nSPS) is 13.0. The molecule has 0 aliphatic rings. The lowest BCUT2D eigenvalue weighted by atomic mass is 10.0. The Morgan fingerprint density at radius 2 is 1.60 bits per heavy atom. The van der Waals surface area contributed by atoms with Crippen LogP contribution in [-0.2, 0) is 24.7 Å². The molecule has 0 fully saturated rings. The Hall–Kier alpha value is -2.39. The molecule has 2 rings (SSSR count). The highest BCUT2D eigenvalue weighted by atomic mass is 32.2. The Bertz CT molecular complexity index is 1120. The van der Waals surface area contributed by atoms with E-state index in [0.29, 0.717) is 12.1 Å². The number of nitrogens with zero attached hydrogens (tertiary/aromatic N) is 1. The predicted octanol–water partition coefficient (Wildman–Crippen LogP) is 2.74. The van der Waals surface area contributed by atoms with Gasteiger partial charge in [0.25, 0.3) is 0 Å². The summed E-state index contributed by atoms with van der Waals surface area (Å²) in [6, 6.07) is 11.3. The molecule has 0 aliphatic carbocycles. The van der Waals surface area contributed by atoms with Crippen LogP contribution in [0.5, 0.6) is 0 Å². The summed E-state index contributed by atoms with van der Waals surface area (Å²) in [5.41, 5.74) is 2.97. The third-order valence-electron chi connectivity index (χ3n) is 4.76. The molecule has 0 saturated heterocycles. The smallest absolute Gasteiger partial charge is 0.241 e. The van der Waals surface area contributed by atoms with Crippen molar-refractivity contribution < 1.29 is 21.6 Å². The van der Waals surface area contributed by atoms with Crippen LogP contribution in [0.4, 0.5) is 5.69 Å². The summed E-state index contributed by atoms with van der Waals surface area (Å²) < 4.78 is 49.0. The average Bonchev–Trinajstić information content (AvgIpc) is 2.63. The molecule has 0 aromatic heterocycles. The van der Waals surface area contributed by atoms with Crippen LogP contribution < -0.4 is 9.62 Å². The van der Waals surface area contributed by atoms with E-state index in [2.05, 4.69) is 5.32 Å². The number of rotatable bonds is 8. The van der Waals surface area contributed by atoms with Crippen LogP contribution >= 0.6 is 0 Å². The van der Waals surface area contributed by atoms with Crippen molar-refractivity contribution in [1.82, 2.24) is 5.32 Å². The molecule has 0 aliphatic heterocycles. The van der Waals surface area contributed by atoms with Crippen LogP contribution in [0.15, 0.2) is 47.4 Å². The fourth-order valence-corrected chi connectivity index (χ4v) is 4.75. The number of sulfone groups is 1. The molecule has 1 amide bonds. The minimum Gasteiger partial charge on any atom is -0.348 e. The zero-order valence-electron chi connectivity index (χ0n) is 17.8. The largest absolute Gasteiger partial charge is 0.348 e. The number of carbonyl (C=O) groups is 1. The first kappa shape index (κ1) is 23.9. The van der Waals surface area contributed by atoms with E-state index in [0.717, 1.165) is 33.5 Å². The Balaban J connectivity index is 2.23. The molecular weight excluding hydrogens is 424 g/mol. The van der Waals surface area contributed by atoms with Gasteiger partial charge in [-0.3, -0.25) is 9.10 Å². The van der Waals surface area contributed by atoms with E-state index in [9.17, 15) is 21.6 Å². The molecule has 1 unspecified atom stereocenters. The van der Waals surface area contributed by atoms with Crippen LogP contribution in [0.2, 0.25) is 0 Å². The number of benzene rings is 2. The van der Waals surface area contributed by atoms with Crippen molar-refractivity contribution >= 4 is 31.5 Å². The molecule has 1 N–H and O–H groups in total. The molecule has 0 spiro atoms. The second kappa shape index (κ2) is 9.18. The maximum atomic E-state index is 12.7. The third-order valence-corrected chi connectivity index (χ3v) is 7.02. The summed E-state index contributed by atoms with van der Waals surface area (Å²) in [6.45, 7) is 5.25. The van der Waals surface area contributed by atoms with Crippen molar-refractivity contribution in [1.29, 1.82) is 0 Å². The number of hydrogen-bond acceptors (Lipinski definition) is 5. The molecule has 7 nitrogen and oxygen atoms in total. The maximum Gasteiger partial charge on any atom is 0.241 e. The second-order valence-electron chi connectivity index (χ2n) is 7.43. The van der Waals surface area contributed by atoms with Gasteiger partial charge in [-0.1, -0.05) is 36.8 Å². The van der Waals surface area contributed by atoms with Crippen LogP contribution in [0.1, 0.15) is 36.1 Å². The van der Waals surface area contributed by atoms with Gasteiger partial charge < -0.3 is 5.32 Å². The van der Waals surface area contributed by atoms with Gasteiger partial charge in [0.05, 0.1) is 22.9 Å². The van der Waals surface area contributed by atoms with Gasteiger partial charge >= 0.3 is 0 Å². The van der Waals surface area contributed by atoms with Crippen molar-refractivity contribution in [3.63, 3.8) is 0 Å².